The van der Waals surface area contributed by atoms with E-state index in [9.17, 15) is 15.6 Å². The number of hydrogen-bond acceptors (Lipinski definition) is 5. The van der Waals surface area contributed by atoms with Crippen LogP contribution in [0.2, 0.25) is 0 Å². The van der Waals surface area contributed by atoms with Gasteiger partial charge in [0.15, 0.2) is 0 Å². The Hall–Kier alpha value is -8.85. The first kappa shape index (κ1) is 64.7. The Balaban J connectivity index is 1.24. The second-order valence-corrected chi connectivity index (χ2v) is 21.7. The quantitative estimate of drug-likeness (QED) is 0.0928. The van der Waals surface area contributed by atoms with Gasteiger partial charge in [-0.2, -0.15) is 15.9 Å². The minimum atomic E-state index is -0.921. The molecule has 26 heteroatoms. The summed E-state index contributed by atoms with van der Waals surface area (Å²) in [5.74, 6) is -2.42. The smallest absolute Gasteiger partial charge is 0.133 e. The van der Waals surface area contributed by atoms with Gasteiger partial charge in [0, 0.05) is 44.4 Å². The maximum absolute atomic E-state index is 17.9. The van der Waals surface area contributed by atoms with Crippen molar-refractivity contribution in [3.8, 4) is 51.3 Å². The summed E-state index contributed by atoms with van der Waals surface area (Å²) in [4.78, 5) is 3.45. The second kappa shape index (κ2) is 24.7. The van der Waals surface area contributed by atoms with Gasteiger partial charge in [0.05, 0.1) is 67.5 Å². The van der Waals surface area contributed by atoms with Gasteiger partial charge in [-0.1, -0.05) is 92.2 Å². The molecule has 0 heterocycles. The summed E-state index contributed by atoms with van der Waals surface area (Å²) >= 11 is 0. The summed E-state index contributed by atoms with van der Waals surface area (Å²) in [5, 5.41) is 34.5. The highest BCUT2D eigenvalue weighted by molar-refractivity contribution is 6.70. The minimum Gasteiger partial charge on any atom is -0.509 e. The van der Waals surface area contributed by atoms with Crippen LogP contribution in [0, 0.1) is 34.3 Å². The van der Waals surface area contributed by atoms with Crippen molar-refractivity contribution >= 4 is 298 Å². The van der Waals surface area contributed by atoms with Crippen molar-refractivity contribution in [3.05, 3.63) is 178 Å². The Morgan fingerprint density at radius 2 is 0.728 bits per heavy atom. The summed E-state index contributed by atoms with van der Waals surface area (Å²) in [7, 11) is 122. The summed E-state index contributed by atoms with van der Waals surface area (Å²) < 4.78 is 35.6. The van der Waals surface area contributed by atoms with E-state index in [2.05, 4.69) is 18.7 Å². The third-order valence-corrected chi connectivity index (χ3v) is 16.6. The predicted octanol–water partition coefficient (Wildman–Crippen LogP) is -1.40. The highest BCUT2D eigenvalue weighted by Crippen LogP contribution is 2.51. The average molecular weight is 1130 g/mol. The lowest BCUT2D eigenvalue weighted by Gasteiger charge is -2.33. The molecule has 11 aromatic carbocycles. The van der Waals surface area contributed by atoms with Crippen LogP contribution in [-0.4, -0.2) is 154 Å². The molecule has 0 aliphatic carbocycles. The molecule has 92 heavy (non-hydrogen) atoms. The molecule has 384 valence electrons. The van der Waals surface area contributed by atoms with Gasteiger partial charge in [0.2, 0.25) is 0 Å². The fraction of sp³-hybridized carbons (Fsp3) is 0. The number of nitrogens with zero attached hydrogens (tertiary/aromatic N) is 4. The molecule has 0 bridgehead atoms. The number of phenolic OH excluding ortho intramolecular Hbond substituents is 1. The molecule has 11 rings (SSSR count). The number of rotatable bonds is 12. The standard InChI is InChI=1S/C66H23B19F2N4O/c1-24(48(67)55(74)64(83)66(84)85)33-18-34(46-53(72)62(81)65(92)63(82)54(46)73)37(86)20-41(33)90(29-10-2-25(22-88)3-11-29)39-16-8-27-7-15-32-40(17-9-28-6-14-31(39)43(27)44(28)32)91(30-12-4-26(23-89)5-13-30)42-21-38(87)35(45-49(68)56(75)60(79)57(76)50(45)69)19-36(42)47-51(70)58(77)61(80)59(78)52(47)71/h2-21,92H,1H2/b55-48-. The first-order valence-electron chi connectivity index (χ1n) is 27.6. The molecule has 38 radical (unpaired) electrons. The molecule has 0 aliphatic heterocycles. The Morgan fingerprint density at radius 1 is 0.380 bits per heavy atom. The van der Waals surface area contributed by atoms with E-state index in [1.807, 2.05) is 48.5 Å². The van der Waals surface area contributed by atoms with Crippen LogP contribution in [0.25, 0.3) is 71.3 Å². The predicted molar refractivity (Wildman–Crippen MR) is 394 cm³/mol. The Kier molecular flexibility index (Phi) is 17.3. The zero-order valence-corrected chi connectivity index (χ0v) is 48.7. The summed E-state index contributed by atoms with van der Waals surface area (Å²) in [6.45, 7) is 4.34. The van der Waals surface area contributed by atoms with Crippen molar-refractivity contribution in [1.29, 1.82) is 10.5 Å². The third-order valence-electron chi connectivity index (χ3n) is 16.6. The molecule has 0 unspecified atom stereocenters. The van der Waals surface area contributed by atoms with Crippen LogP contribution in [0.4, 0.5) is 42.9 Å². The number of halogens is 2. The topological polar surface area (TPSA) is 74.3 Å². The number of aromatic hydroxyl groups is 1. The number of hydrogen-bond donors (Lipinski definition) is 1. The molecular weight excluding hydrogens is 1110 g/mol. The molecule has 0 aliphatic rings. The zero-order valence-electron chi connectivity index (χ0n) is 48.7. The van der Waals surface area contributed by atoms with Gasteiger partial charge in [-0.05, 0) is 129 Å². The van der Waals surface area contributed by atoms with Crippen molar-refractivity contribution < 1.29 is 13.9 Å². The van der Waals surface area contributed by atoms with Crippen molar-refractivity contribution in [2.75, 3.05) is 9.80 Å². The van der Waals surface area contributed by atoms with Crippen molar-refractivity contribution in [1.82, 2.24) is 0 Å². The molecular formula is C66H23B19F2N4O. The van der Waals surface area contributed by atoms with E-state index in [1.54, 1.807) is 58.3 Å². The summed E-state index contributed by atoms with van der Waals surface area (Å²) in [6, 6.07) is 37.4. The van der Waals surface area contributed by atoms with Crippen molar-refractivity contribution in [2.24, 2.45) is 0 Å². The lowest BCUT2D eigenvalue weighted by Crippen LogP contribution is -2.55. The van der Waals surface area contributed by atoms with Gasteiger partial charge in [0.1, 0.15) is 145 Å². The fourth-order valence-corrected chi connectivity index (χ4v) is 11.7. The molecule has 5 nitrogen and oxygen atoms in total. The third kappa shape index (κ3) is 10.5. The lowest BCUT2D eigenvalue weighted by molar-refractivity contribution is 0.484. The molecule has 11 aromatic rings. The summed E-state index contributed by atoms with van der Waals surface area (Å²) in [6.07, 6.45) is 0. The molecule has 0 spiro atoms. The molecule has 1 N–H and O–H groups in total. The first-order valence-corrected chi connectivity index (χ1v) is 27.6. The van der Waals surface area contributed by atoms with Crippen LogP contribution in [-0.2, 0) is 0 Å². The molecule has 0 saturated carbocycles. The van der Waals surface area contributed by atoms with E-state index >= 15 is 8.78 Å². The Morgan fingerprint density at radius 3 is 1.13 bits per heavy atom. The van der Waals surface area contributed by atoms with E-state index < -0.39 is 17.4 Å². The van der Waals surface area contributed by atoms with E-state index in [0.29, 0.717) is 55.4 Å². The normalized spacial score (nSPS) is 11.6. The largest absolute Gasteiger partial charge is 0.509 e. The van der Waals surface area contributed by atoms with E-state index in [-0.39, 0.29) is 154 Å². The maximum Gasteiger partial charge on any atom is 0.133 e. The number of benzene rings is 11. The fourth-order valence-electron chi connectivity index (χ4n) is 11.7. The lowest BCUT2D eigenvalue weighted by atomic mass is 9.59. The minimum absolute atomic E-state index is 0.0333. The van der Waals surface area contributed by atoms with Gasteiger partial charge >= 0.3 is 0 Å². The molecule has 0 saturated heterocycles. The maximum atomic E-state index is 17.9. The van der Waals surface area contributed by atoms with Crippen LogP contribution >= 0.6 is 0 Å². The average Bonchev–Trinajstić information content (AvgIpc) is 0.727. The first-order chi connectivity index (χ1) is 43.6. The monoisotopic (exact) mass is 1130 g/mol. The number of phenols is 1. The second-order valence-electron chi connectivity index (χ2n) is 21.7. The number of allylic oxidation sites excluding steroid dienone is 4. The molecule has 0 amide bonds. The molecule has 0 atom stereocenters. The Bertz CT molecular complexity index is 5110. The zero-order chi connectivity index (χ0) is 66.5. The van der Waals surface area contributed by atoms with E-state index in [0.717, 1.165) is 10.8 Å². The van der Waals surface area contributed by atoms with Gasteiger partial charge in [0.25, 0.3) is 0 Å². The highest BCUT2D eigenvalue weighted by atomic mass is 19.1. The molecule has 0 fully saturated rings. The number of anilines is 6. The van der Waals surface area contributed by atoms with Crippen LogP contribution in [0.1, 0.15) is 16.7 Å². The van der Waals surface area contributed by atoms with Gasteiger partial charge in [-0.15, -0.1) is 43.7 Å². The number of nitriles is 2. The van der Waals surface area contributed by atoms with Crippen LogP contribution in [0.5, 0.6) is 5.75 Å². The SMILES string of the molecule is [B]C([B])=C([B])/C([B])=C(/[B])C(=C)c1cc(-c2c([B])c([B])c(O)c([B])c2[B])c(F)cc1N(c1ccc(C#N)cc1)c1ccc2ccc3c(N(c4ccc(C#N)cc4)c4cc(F)c(-c5c([B])c([B])c([B])c([B])c5[B])cc4-c4c([B])c([B])c([B])c([B])c4[B])ccc4ccc1c2c43. The Labute approximate surface area is 557 Å². The van der Waals surface area contributed by atoms with Crippen LogP contribution in [0.3, 0.4) is 0 Å². The van der Waals surface area contributed by atoms with Crippen molar-refractivity contribution in [2.45, 2.75) is 0 Å². The van der Waals surface area contributed by atoms with Crippen LogP contribution in [0.15, 0.2) is 150 Å². The van der Waals surface area contributed by atoms with Gasteiger partial charge in [-0.3, -0.25) is 0 Å². The van der Waals surface area contributed by atoms with E-state index in [4.69, 9.17) is 149 Å². The molecule has 0 aromatic heterocycles. The van der Waals surface area contributed by atoms with E-state index in [1.165, 1.54) is 24.3 Å². The summed E-state index contributed by atoms with van der Waals surface area (Å²) in [5.41, 5.74) is -1.52. The van der Waals surface area contributed by atoms with Crippen molar-refractivity contribution in [3.63, 3.8) is 0 Å². The van der Waals surface area contributed by atoms with Gasteiger partial charge in [-0.25, -0.2) is 8.78 Å². The highest BCUT2D eigenvalue weighted by Gasteiger charge is 2.30. The van der Waals surface area contributed by atoms with Crippen LogP contribution < -0.4 is 86.3 Å². The van der Waals surface area contributed by atoms with Gasteiger partial charge < -0.3 is 14.9 Å².